The summed E-state index contributed by atoms with van der Waals surface area (Å²) in [6.07, 6.45) is 20.3. The van der Waals surface area contributed by atoms with E-state index in [9.17, 15) is 28.6 Å². The first kappa shape index (κ1) is 42.8. The number of aldehydes is 1. The largest absolute Gasteiger partial charge is 0.756 e. The van der Waals surface area contributed by atoms with Crippen LogP contribution in [0, 0.1) is 0 Å². The van der Waals surface area contributed by atoms with Gasteiger partial charge in [-0.25, -0.2) is 0 Å². The summed E-state index contributed by atoms with van der Waals surface area (Å²) < 4.78 is 32.9. The van der Waals surface area contributed by atoms with Crippen molar-refractivity contribution in [3.63, 3.8) is 0 Å². The van der Waals surface area contributed by atoms with Crippen LogP contribution in [0.2, 0.25) is 0 Å². The topological polar surface area (TPSA) is 145 Å². The molecule has 0 spiro atoms. The molecule has 0 N–H and O–H groups in total. The lowest BCUT2D eigenvalue weighted by molar-refractivity contribution is -0.870. The molecule has 45 heavy (non-hydrogen) atoms. The van der Waals surface area contributed by atoms with E-state index in [1.165, 1.54) is 38.5 Å². The van der Waals surface area contributed by atoms with Gasteiger partial charge < -0.3 is 27.9 Å². The number of ether oxygens (including phenoxy) is 2. The molecule has 260 valence electrons. The highest BCUT2D eigenvalue weighted by molar-refractivity contribution is 7.45. The first-order valence-electron chi connectivity index (χ1n) is 16.4. The van der Waals surface area contributed by atoms with E-state index in [-0.39, 0.29) is 25.9 Å². The number of rotatable bonds is 30. The van der Waals surface area contributed by atoms with E-state index in [1.807, 2.05) is 21.1 Å². The Morgan fingerprint density at radius 3 is 1.98 bits per heavy atom. The van der Waals surface area contributed by atoms with Gasteiger partial charge in [-0.1, -0.05) is 70.4 Å². The van der Waals surface area contributed by atoms with Crippen LogP contribution in [0.5, 0.6) is 0 Å². The van der Waals surface area contributed by atoms with Crippen molar-refractivity contribution in [1.82, 2.24) is 0 Å². The Morgan fingerprint density at radius 1 is 0.778 bits per heavy atom. The van der Waals surface area contributed by atoms with Gasteiger partial charge >= 0.3 is 11.9 Å². The number of likely N-dealkylation sites (N-methyl/N-ethyl adjacent to an activating group) is 1. The van der Waals surface area contributed by atoms with Crippen molar-refractivity contribution in [1.29, 1.82) is 0 Å². The molecule has 0 fully saturated rings. The molecular formula is C33H58NO10P. The smallest absolute Gasteiger partial charge is 0.306 e. The molecule has 0 aliphatic heterocycles. The lowest BCUT2D eigenvalue weighted by atomic mass is 10.1. The third kappa shape index (κ3) is 30.3. The average Bonchev–Trinajstić information content (AvgIpc) is 2.97. The predicted octanol–water partition coefficient (Wildman–Crippen LogP) is 5.79. The Balaban J connectivity index is 4.45. The van der Waals surface area contributed by atoms with E-state index in [4.69, 9.17) is 18.5 Å². The van der Waals surface area contributed by atoms with Crippen LogP contribution >= 0.6 is 7.82 Å². The monoisotopic (exact) mass is 659 g/mol. The van der Waals surface area contributed by atoms with Gasteiger partial charge in [-0.2, -0.15) is 0 Å². The fraction of sp³-hybridized carbons (Fsp3) is 0.758. The van der Waals surface area contributed by atoms with Crippen LogP contribution in [0.3, 0.4) is 0 Å². The molecule has 0 bridgehead atoms. The maximum atomic E-state index is 12.3. The van der Waals surface area contributed by atoms with Crippen LogP contribution in [0.4, 0.5) is 0 Å². The zero-order valence-electron chi connectivity index (χ0n) is 28.1. The number of allylic oxidation sites excluding steroid dienone is 4. The van der Waals surface area contributed by atoms with E-state index in [1.54, 1.807) is 0 Å². The number of phosphoric acid groups is 1. The third-order valence-corrected chi connectivity index (χ3v) is 7.70. The second-order valence-electron chi connectivity index (χ2n) is 12.2. The SMILES string of the molecule is CCCCCCCC/C=C\CCCCCCCC(=O)OC[C@H](COP(=O)([O-])OCC[N+](C)(C)C)OC(=O)CCC(=O)/C=C/C=O. The van der Waals surface area contributed by atoms with Gasteiger partial charge in [0.25, 0.3) is 7.82 Å². The van der Waals surface area contributed by atoms with Crippen molar-refractivity contribution in [3.05, 3.63) is 24.3 Å². The Morgan fingerprint density at radius 2 is 1.38 bits per heavy atom. The van der Waals surface area contributed by atoms with Gasteiger partial charge in [-0.3, -0.25) is 23.7 Å². The highest BCUT2D eigenvalue weighted by Gasteiger charge is 2.22. The molecule has 1 unspecified atom stereocenters. The average molecular weight is 660 g/mol. The number of carbonyl (C=O) groups is 4. The maximum Gasteiger partial charge on any atom is 0.306 e. The molecule has 0 aliphatic carbocycles. The van der Waals surface area contributed by atoms with Gasteiger partial charge in [0, 0.05) is 12.8 Å². The minimum absolute atomic E-state index is 0.101. The number of unbranched alkanes of at least 4 members (excludes halogenated alkanes) is 11. The predicted molar refractivity (Wildman–Crippen MR) is 172 cm³/mol. The van der Waals surface area contributed by atoms with Crippen molar-refractivity contribution in [2.45, 2.75) is 116 Å². The summed E-state index contributed by atoms with van der Waals surface area (Å²) in [5.74, 6) is -1.75. The first-order valence-corrected chi connectivity index (χ1v) is 17.9. The number of quaternary nitrogens is 1. The van der Waals surface area contributed by atoms with E-state index in [0.717, 1.165) is 50.7 Å². The van der Waals surface area contributed by atoms with Gasteiger partial charge in [0.15, 0.2) is 11.9 Å². The highest BCUT2D eigenvalue weighted by Crippen LogP contribution is 2.38. The number of hydrogen-bond acceptors (Lipinski definition) is 10. The Labute approximate surface area is 270 Å². The minimum atomic E-state index is -4.71. The lowest BCUT2D eigenvalue weighted by Crippen LogP contribution is -2.37. The molecule has 0 saturated heterocycles. The van der Waals surface area contributed by atoms with Gasteiger partial charge in [0.05, 0.1) is 34.2 Å². The minimum Gasteiger partial charge on any atom is -0.756 e. The van der Waals surface area contributed by atoms with Crippen molar-refractivity contribution in [2.75, 3.05) is 47.5 Å². The van der Waals surface area contributed by atoms with E-state index >= 15 is 0 Å². The standard InChI is InChI=1S/C33H58NO10P/c1-5-6-7-8-9-10-11-12-13-14-15-16-17-18-19-22-32(37)41-28-31(44-33(38)24-23-30(36)21-20-26-35)29-43-45(39,40)42-27-25-34(2,3)4/h12-13,20-21,26,31H,5-11,14-19,22-25,27-29H2,1-4H3/b13-12-,21-20+/t31-/m1/s1. The molecule has 0 heterocycles. The molecular weight excluding hydrogens is 601 g/mol. The Hall–Kier alpha value is -2.17. The molecule has 0 aromatic rings. The van der Waals surface area contributed by atoms with E-state index < -0.39 is 44.9 Å². The van der Waals surface area contributed by atoms with Crippen LogP contribution in [0.25, 0.3) is 0 Å². The zero-order valence-corrected chi connectivity index (χ0v) is 29.0. The number of nitrogens with zero attached hydrogens (tertiary/aromatic N) is 1. The second kappa shape index (κ2) is 27.0. The fourth-order valence-corrected chi connectivity index (χ4v) is 4.78. The molecule has 0 saturated carbocycles. The molecule has 2 atom stereocenters. The van der Waals surface area contributed by atoms with E-state index in [2.05, 4.69) is 19.1 Å². The quantitative estimate of drug-likeness (QED) is 0.0177. The Bertz CT molecular complexity index is 929. The van der Waals surface area contributed by atoms with E-state index in [0.29, 0.717) is 23.7 Å². The van der Waals surface area contributed by atoms with Crippen molar-refractivity contribution in [3.8, 4) is 0 Å². The van der Waals surface area contributed by atoms with Gasteiger partial charge in [0.1, 0.15) is 26.0 Å². The zero-order chi connectivity index (χ0) is 33.8. The normalized spacial score (nSPS) is 14.0. The first-order chi connectivity index (χ1) is 21.4. The fourth-order valence-electron chi connectivity index (χ4n) is 4.05. The summed E-state index contributed by atoms with van der Waals surface area (Å²) in [5.41, 5.74) is 0. The molecule has 0 rings (SSSR count). The number of esters is 2. The molecule has 0 aromatic carbocycles. The van der Waals surface area contributed by atoms with Gasteiger partial charge in [-0.15, -0.1) is 0 Å². The van der Waals surface area contributed by atoms with Gasteiger partial charge in [-0.05, 0) is 44.3 Å². The van der Waals surface area contributed by atoms with Crippen molar-refractivity contribution < 1.29 is 51.6 Å². The van der Waals surface area contributed by atoms with Gasteiger partial charge in [0.2, 0.25) is 0 Å². The van der Waals surface area contributed by atoms with Crippen LogP contribution in [-0.2, 0) is 42.3 Å². The molecule has 12 heteroatoms. The third-order valence-electron chi connectivity index (χ3n) is 6.74. The number of ketones is 1. The number of hydrogen-bond donors (Lipinski definition) is 0. The van der Waals surface area contributed by atoms with Crippen LogP contribution in [0.1, 0.15) is 110 Å². The highest BCUT2D eigenvalue weighted by atomic mass is 31.2. The molecule has 0 aliphatic rings. The maximum absolute atomic E-state index is 12.3. The summed E-state index contributed by atoms with van der Waals surface area (Å²) in [5, 5.41) is 0. The number of phosphoric ester groups is 1. The number of carbonyl (C=O) groups excluding carboxylic acids is 4. The second-order valence-corrected chi connectivity index (χ2v) is 13.6. The van der Waals surface area contributed by atoms with Crippen LogP contribution in [-0.4, -0.2) is 82.1 Å². The summed E-state index contributed by atoms with van der Waals surface area (Å²) in [6, 6.07) is 0. The molecule has 0 aromatic heterocycles. The molecule has 0 radical (unpaired) electrons. The summed E-state index contributed by atoms with van der Waals surface area (Å²) in [7, 11) is 0.920. The summed E-state index contributed by atoms with van der Waals surface area (Å²) >= 11 is 0. The van der Waals surface area contributed by atoms with Crippen molar-refractivity contribution >= 4 is 31.8 Å². The molecule has 11 nitrogen and oxygen atoms in total. The summed E-state index contributed by atoms with van der Waals surface area (Å²) in [4.78, 5) is 58.7. The molecule has 0 amide bonds. The van der Waals surface area contributed by atoms with Crippen molar-refractivity contribution in [2.24, 2.45) is 0 Å². The lowest BCUT2D eigenvalue weighted by Gasteiger charge is -2.28. The Kier molecular flexibility index (Phi) is 25.7. The summed E-state index contributed by atoms with van der Waals surface area (Å²) in [6.45, 7) is 1.52. The van der Waals surface area contributed by atoms with Crippen LogP contribution < -0.4 is 4.89 Å². The van der Waals surface area contributed by atoms with Crippen LogP contribution in [0.15, 0.2) is 24.3 Å².